The van der Waals surface area contributed by atoms with Gasteiger partial charge in [-0.05, 0) is 35.9 Å². The number of rotatable bonds is 4. The smallest absolute Gasteiger partial charge is 0.338 e. The van der Waals surface area contributed by atoms with Crippen molar-refractivity contribution in [3.63, 3.8) is 0 Å². The summed E-state index contributed by atoms with van der Waals surface area (Å²) in [5.74, 6) is -0.545. The predicted molar refractivity (Wildman–Crippen MR) is 78.1 cm³/mol. The fourth-order valence-electron chi connectivity index (χ4n) is 1.62. The summed E-state index contributed by atoms with van der Waals surface area (Å²) in [6.07, 6.45) is 0. The van der Waals surface area contributed by atoms with Crippen molar-refractivity contribution in [1.82, 2.24) is 0 Å². The molecule has 0 atom stereocenters. The summed E-state index contributed by atoms with van der Waals surface area (Å²) in [6.45, 7) is 0.0133. The SMILES string of the molecule is Nc1cc(C(=O)OCc2ccc([N+](=O)[O-])cc2)ccc1Cl. The number of nitro benzene ring substituents is 1. The van der Waals surface area contributed by atoms with E-state index in [-0.39, 0.29) is 12.3 Å². The Kier molecular flexibility index (Phi) is 4.39. The molecule has 0 aliphatic carbocycles. The molecule has 0 radical (unpaired) electrons. The number of hydrogen-bond acceptors (Lipinski definition) is 5. The van der Waals surface area contributed by atoms with Crippen molar-refractivity contribution >= 4 is 28.9 Å². The molecule has 2 N–H and O–H groups in total. The predicted octanol–water partition coefficient (Wildman–Crippen LogP) is 3.19. The van der Waals surface area contributed by atoms with Crippen molar-refractivity contribution in [3.05, 3.63) is 68.7 Å². The summed E-state index contributed by atoms with van der Waals surface area (Å²) in [5, 5.41) is 10.9. The zero-order chi connectivity index (χ0) is 15.4. The van der Waals surface area contributed by atoms with Crippen LogP contribution in [0.4, 0.5) is 11.4 Å². The van der Waals surface area contributed by atoms with Gasteiger partial charge >= 0.3 is 5.97 Å². The van der Waals surface area contributed by atoms with Crippen molar-refractivity contribution in [3.8, 4) is 0 Å². The topological polar surface area (TPSA) is 95.5 Å². The standard InChI is InChI=1S/C14H11ClN2O4/c15-12-6-3-10(7-13(12)16)14(18)21-8-9-1-4-11(5-2-9)17(19)20/h1-7H,8,16H2. The number of ether oxygens (including phenoxy) is 1. The fourth-order valence-corrected chi connectivity index (χ4v) is 1.73. The molecule has 0 aromatic heterocycles. The third-order valence-corrected chi connectivity index (χ3v) is 3.09. The van der Waals surface area contributed by atoms with Gasteiger partial charge in [0, 0.05) is 12.1 Å². The lowest BCUT2D eigenvalue weighted by atomic mass is 10.2. The number of hydrogen-bond donors (Lipinski definition) is 1. The fraction of sp³-hybridized carbons (Fsp3) is 0.0714. The summed E-state index contributed by atoms with van der Waals surface area (Å²) >= 11 is 5.77. The maximum Gasteiger partial charge on any atom is 0.338 e. The molecule has 2 aromatic rings. The normalized spacial score (nSPS) is 10.1. The number of esters is 1. The van der Waals surface area contributed by atoms with Gasteiger partial charge < -0.3 is 10.5 Å². The van der Waals surface area contributed by atoms with E-state index in [0.29, 0.717) is 21.8 Å². The molecular weight excluding hydrogens is 296 g/mol. The molecule has 0 spiro atoms. The Hall–Kier alpha value is -2.60. The van der Waals surface area contributed by atoms with E-state index in [0.717, 1.165) is 0 Å². The Labute approximate surface area is 125 Å². The minimum Gasteiger partial charge on any atom is -0.457 e. The molecule has 0 aliphatic rings. The number of non-ortho nitro benzene ring substituents is 1. The lowest BCUT2D eigenvalue weighted by Crippen LogP contribution is -2.06. The molecule has 21 heavy (non-hydrogen) atoms. The number of nitrogens with zero attached hydrogens (tertiary/aromatic N) is 1. The van der Waals surface area contributed by atoms with Gasteiger partial charge in [-0.25, -0.2) is 4.79 Å². The number of nitrogen functional groups attached to an aromatic ring is 1. The van der Waals surface area contributed by atoms with Gasteiger partial charge in [-0.2, -0.15) is 0 Å². The summed E-state index contributed by atoms with van der Waals surface area (Å²) in [4.78, 5) is 21.9. The van der Waals surface area contributed by atoms with Crippen molar-refractivity contribution in [2.75, 3.05) is 5.73 Å². The van der Waals surface area contributed by atoms with E-state index in [4.69, 9.17) is 22.1 Å². The second-order valence-electron chi connectivity index (χ2n) is 4.24. The maximum absolute atomic E-state index is 11.8. The van der Waals surface area contributed by atoms with Gasteiger partial charge in [0.1, 0.15) is 6.61 Å². The van der Waals surface area contributed by atoms with Crippen LogP contribution in [0.2, 0.25) is 5.02 Å². The van der Waals surface area contributed by atoms with Gasteiger partial charge in [-0.15, -0.1) is 0 Å². The van der Waals surface area contributed by atoms with Crippen LogP contribution >= 0.6 is 11.6 Å². The number of nitrogens with two attached hydrogens (primary N) is 1. The molecule has 0 amide bonds. The largest absolute Gasteiger partial charge is 0.457 e. The molecule has 2 aromatic carbocycles. The van der Waals surface area contributed by atoms with Crippen LogP contribution in [-0.2, 0) is 11.3 Å². The van der Waals surface area contributed by atoms with Gasteiger partial charge in [-0.3, -0.25) is 10.1 Å². The molecule has 108 valence electrons. The molecule has 0 fully saturated rings. The Bertz CT molecular complexity index is 686. The monoisotopic (exact) mass is 306 g/mol. The third kappa shape index (κ3) is 3.70. The number of nitro groups is 1. The minimum atomic E-state index is -0.545. The molecule has 0 heterocycles. The maximum atomic E-state index is 11.8. The lowest BCUT2D eigenvalue weighted by molar-refractivity contribution is -0.384. The molecule has 7 heteroatoms. The van der Waals surface area contributed by atoms with E-state index in [1.807, 2.05) is 0 Å². The Balaban J connectivity index is 2.00. The molecule has 0 saturated heterocycles. The first-order valence-electron chi connectivity index (χ1n) is 5.93. The molecule has 2 rings (SSSR count). The highest BCUT2D eigenvalue weighted by molar-refractivity contribution is 6.33. The number of anilines is 1. The molecule has 0 unspecified atom stereocenters. The average Bonchev–Trinajstić information content (AvgIpc) is 2.48. The number of carbonyl (C=O) groups is 1. The van der Waals surface area contributed by atoms with Gasteiger partial charge in [-0.1, -0.05) is 11.6 Å². The second kappa shape index (κ2) is 6.23. The minimum absolute atomic E-state index is 0.0133. The first-order valence-corrected chi connectivity index (χ1v) is 6.30. The van der Waals surface area contributed by atoms with E-state index in [2.05, 4.69) is 0 Å². The first-order chi connectivity index (χ1) is 9.97. The van der Waals surface area contributed by atoms with Crippen molar-refractivity contribution in [1.29, 1.82) is 0 Å². The van der Waals surface area contributed by atoms with Crippen LogP contribution < -0.4 is 5.73 Å². The molecule has 0 saturated carbocycles. The molecular formula is C14H11ClN2O4. The molecule has 6 nitrogen and oxygen atoms in total. The molecule has 0 aliphatic heterocycles. The van der Waals surface area contributed by atoms with Gasteiger partial charge in [0.05, 0.1) is 21.2 Å². The summed E-state index contributed by atoms with van der Waals surface area (Å²) in [6, 6.07) is 10.2. The highest BCUT2D eigenvalue weighted by Gasteiger charge is 2.10. The number of carbonyl (C=O) groups excluding carboxylic acids is 1. The van der Waals surface area contributed by atoms with Crippen LogP contribution in [0.1, 0.15) is 15.9 Å². The zero-order valence-electron chi connectivity index (χ0n) is 10.8. The quantitative estimate of drug-likeness (QED) is 0.405. The van der Waals surface area contributed by atoms with Crippen LogP contribution in [0.5, 0.6) is 0 Å². The van der Waals surface area contributed by atoms with Crippen molar-refractivity contribution in [2.24, 2.45) is 0 Å². The Morgan fingerprint density at radius 2 is 1.90 bits per heavy atom. The van der Waals surface area contributed by atoms with Crippen molar-refractivity contribution < 1.29 is 14.5 Å². The zero-order valence-corrected chi connectivity index (χ0v) is 11.5. The Morgan fingerprint density at radius 1 is 1.24 bits per heavy atom. The van der Waals surface area contributed by atoms with Crippen molar-refractivity contribution in [2.45, 2.75) is 6.61 Å². The van der Waals surface area contributed by atoms with Crippen LogP contribution in [-0.4, -0.2) is 10.9 Å². The Morgan fingerprint density at radius 3 is 2.48 bits per heavy atom. The van der Waals surface area contributed by atoms with Gasteiger partial charge in [0.25, 0.3) is 5.69 Å². The summed E-state index contributed by atoms with van der Waals surface area (Å²) < 4.78 is 5.10. The third-order valence-electron chi connectivity index (χ3n) is 2.75. The molecule has 0 bridgehead atoms. The van der Waals surface area contributed by atoms with Gasteiger partial charge in [0.2, 0.25) is 0 Å². The van der Waals surface area contributed by atoms with E-state index in [1.54, 1.807) is 0 Å². The van der Waals surface area contributed by atoms with E-state index < -0.39 is 10.9 Å². The van der Waals surface area contributed by atoms with Crippen LogP contribution in [0.25, 0.3) is 0 Å². The highest BCUT2D eigenvalue weighted by Crippen LogP contribution is 2.20. The van der Waals surface area contributed by atoms with Crippen LogP contribution in [0.15, 0.2) is 42.5 Å². The van der Waals surface area contributed by atoms with E-state index in [9.17, 15) is 14.9 Å². The van der Waals surface area contributed by atoms with E-state index in [1.165, 1.54) is 42.5 Å². The lowest BCUT2D eigenvalue weighted by Gasteiger charge is -2.06. The number of halogens is 1. The number of benzene rings is 2. The van der Waals surface area contributed by atoms with Crippen LogP contribution in [0, 0.1) is 10.1 Å². The van der Waals surface area contributed by atoms with Gasteiger partial charge in [0.15, 0.2) is 0 Å². The first kappa shape index (κ1) is 14.8. The highest BCUT2D eigenvalue weighted by atomic mass is 35.5. The van der Waals surface area contributed by atoms with Crippen LogP contribution in [0.3, 0.4) is 0 Å². The second-order valence-corrected chi connectivity index (χ2v) is 4.64. The van der Waals surface area contributed by atoms with E-state index >= 15 is 0 Å². The average molecular weight is 307 g/mol. The summed E-state index contributed by atoms with van der Waals surface area (Å²) in [7, 11) is 0. The summed E-state index contributed by atoms with van der Waals surface area (Å²) in [5.41, 5.74) is 6.82.